The van der Waals surface area contributed by atoms with Gasteiger partial charge in [0.25, 0.3) is 5.91 Å². The highest BCUT2D eigenvalue weighted by molar-refractivity contribution is 6.31. The molecule has 3 N–H and O–H groups in total. The van der Waals surface area contributed by atoms with Crippen molar-refractivity contribution < 1.29 is 32.6 Å². The van der Waals surface area contributed by atoms with E-state index in [0.717, 1.165) is 22.7 Å². The second-order valence-electron chi connectivity index (χ2n) is 11.1. The zero-order valence-corrected chi connectivity index (χ0v) is 28.6. The van der Waals surface area contributed by atoms with Crippen molar-refractivity contribution in [2.45, 2.75) is 45.8 Å². The molecule has 1 aromatic heterocycles. The number of amides is 2. The minimum atomic E-state index is -4.63. The zero-order valence-electron chi connectivity index (χ0n) is 27.8. The number of aromatic hydroxyl groups is 1. The number of hydrazone groups is 1. The molecule has 4 rings (SSSR count). The molecule has 2 aromatic carbocycles. The first-order valence-electron chi connectivity index (χ1n) is 15.7. The number of allylic oxidation sites excluding steroid dienone is 1. The summed E-state index contributed by atoms with van der Waals surface area (Å²) in [6.45, 7) is 7.71. The van der Waals surface area contributed by atoms with Crippen LogP contribution in [0.2, 0.25) is 5.02 Å². The van der Waals surface area contributed by atoms with Gasteiger partial charge in [-0.2, -0.15) is 13.2 Å². The fourth-order valence-corrected chi connectivity index (χ4v) is 5.66. The molecule has 0 unspecified atom stereocenters. The van der Waals surface area contributed by atoms with Crippen LogP contribution in [0, 0.1) is 6.92 Å². The topological polar surface area (TPSA) is 145 Å². The molecule has 0 fully saturated rings. The van der Waals surface area contributed by atoms with Crippen molar-refractivity contribution in [1.29, 1.82) is 0 Å². The van der Waals surface area contributed by atoms with Crippen LogP contribution in [0.3, 0.4) is 0 Å². The number of benzene rings is 2. The molecule has 1 aliphatic heterocycles. The lowest BCUT2D eigenvalue weighted by molar-refractivity contribution is -0.137. The molecule has 50 heavy (non-hydrogen) atoms. The number of aromatic nitrogens is 2. The number of nitrogens with one attached hydrogen (secondary N) is 2. The number of carbonyl (C=O) groups excluding carboxylic acids is 2. The second-order valence-corrected chi connectivity index (χ2v) is 11.5. The first-order chi connectivity index (χ1) is 23.9. The fourth-order valence-electron chi connectivity index (χ4n) is 5.42. The molecule has 12 nitrogen and oxygen atoms in total. The molecule has 2 heterocycles. The molecule has 0 spiro atoms. The Labute approximate surface area is 292 Å². The van der Waals surface area contributed by atoms with Crippen LogP contribution in [0.1, 0.15) is 47.0 Å². The Balaban J connectivity index is 1.85. The van der Waals surface area contributed by atoms with E-state index in [-0.39, 0.29) is 60.5 Å². The van der Waals surface area contributed by atoms with Crippen LogP contribution in [-0.2, 0) is 35.2 Å². The SMILES string of the molecule is C=N/C(=N\N(Cc1ccc(C(F)(F)F)cc1Cl)C(=O)/C(=C(/CC)NC)N(CCNC=O)CCc1ncnc(C)c1O)c1cccc2c1OCC2. The fraction of sp³-hybridized carbons (Fsp3) is 0.353. The highest BCUT2D eigenvalue weighted by Crippen LogP contribution is 2.34. The largest absolute Gasteiger partial charge is 0.504 e. The van der Waals surface area contributed by atoms with Crippen LogP contribution in [0.25, 0.3) is 0 Å². The summed E-state index contributed by atoms with van der Waals surface area (Å²) in [7, 11) is 1.65. The maximum Gasteiger partial charge on any atom is 0.416 e. The van der Waals surface area contributed by atoms with E-state index in [9.17, 15) is 27.9 Å². The Morgan fingerprint density at radius 3 is 2.66 bits per heavy atom. The van der Waals surface area contributed by atoms with Crippen molar-refractivity contribution in [3.63, 3.8) is 0 Å². The van der Waals surface area contributed by atoms with E-state index in [1.54, 1.807) is 31.0 Å². The average molecular weight is 715 g/mol. The van der Waals surface area contributed by atoms with Crippen molar-refractivity contribution in [3.8, 4) is 11.5 Å². The monoisotopic (exact) mass is 714 g/mol. The molecule has 0 bridgehead atoms. The van der Waals surface area contributed by atoms with Gasteiger partial charge in [-0.05, 0) is 49.4 Å². The van der Waals surface area contributed by atoms with Gasteiger partial charge in [0, 0.05) is 50.2 Å². The summed E-state index contributed by atoms with van der Waals surface area (Å²) < 4.78 is 46.3. The summed E-state index contributed by atoms with van der Waals surface area (Å²) in [4.78, 5) is 40.1. The highest BCUT2D eigenvalue weighted by Gasteiger charge is 2.32. The molecule has 0 saturated carbocycles. The second kappa shape index (κ2) is 17.0. The normalized spacial score (nSPS) is 13.1. The molecule has 3 aromatic rings. The molecule has 266 valence electrons. The minimum absolute atomic E-state index is 0.0394. The van der Waals surface area contributed by atoms with Gasteiger partial charge < -0.3 is 25.4 Å². The quantitative estimate of drug-likeness (QED) is 0.0517. The van der Waals surface area contributed by atoms with Gasteiger partial charge in [0.2, 0.25) is 6.41 Å². The first-order valence-corrected chi connectivity index (χ1v) is 16.1. The number of rotatable bonds is 15. The Kier molecular flexibility index (Phi) is 12.8. The number of aryl methyl sites for hydroxylation is 1. The smallest absolute Gasteiger partial charge is 0.416 e. The van der Waals surface area contributed by atoms with Gasteiger partial charge in [-0.1, -0.05) is 36.7 Å². The molecule has 16 heteroatoms. The average Bonchev–Trinajstić information content (AvgIpc) is 3.58. The van der Waals surface area contributed by atoms with E-state index < -0.39 is 17.6 Å². The van der Waals surface area contributed by atoms with Crippen LogP contribution in [0.4, 0.5) is 13.2 Å². The zero-order chi connectivity index (χ0) is 36.4. The number of para-hydroxylation sites is 1. The number of aliphatic imine (C=N–C) groups is 1. The number of hydrogen-bond donors (Lipinski definition) is 3. The summed E-state index contributed by atoms with van der Waals surface area (Å²) >= 11 is 6.38. The summed E-state index contributed by atoms with van der Waals surface area (Å²) in [6.07, 6.45) is -1.56. The Morgan fingerprint density at radius 1 is 1.22 bits per heavy atom. The van der Waals surface area contributed by atoms with Crippen LogP contribution < -0.4 is 15.4 Å². The molecule has 0 radical (unpaired) electrons. The van der Waals surface area contributed by atoms with Gasteiger partial charge in [0.15, 0.2) is 11.6 Å². The van der Waals surface area contributed by atoms with E-state index in [0.29, 0.717) is 54.3 Å². The number of carbonyl (C=O) groups is 2. The molecular formula is C34H38ClF3N8O4. The molecule has 0 saturated heterocycles. The van der Waals surface area contributed by atoms with Crippen LogP contribution in [0.15, 0.2) is 64.2 Å². The van der Waals surface area contributed by atoms with E-state index in [4.69, 9.17) is 16.3 Å². The van der Waals surface area contributed by atoms with Gasteiger partial charge >= 0.3 is 6.18 Å². The lowest BCUT2D eigenvalue weighted by Crippen LogP contribution is -2.42. The van der Waals surface area contributed by atoms with Gasteiger partial charge in [0.05, 0.1) is 35.7 Å². The van der Waals surface area contributed by atoms with Gasteiger partial charge in [0.1, 0.15) is 17.8 Å². The molecule has 1 aliphatic rings. The molecule has 0 aliphatic carbocycles. The number of ether oxygens (including phenoxy) is 1. The van der Waals surface area contributed by atoms with Crippen molar-refractivity contribution in [2.24, 2.45) is 10.1 Å². The predicted molar refractivity (Wildman–Crippen MR) is 183 cm³/mol. The van der Waals surface area contributed by atoms with Crippen molar-refractivity contribution in [1.82, 2.24) is 30.5 Å². The lowest BCUT2D eigenvalue weighted by atomic mass is 10.1. The molecule has 0 atom stereocenters. The van der Waals surface area contributed by atoms with E-state index in [1.807, 2.05) is 13.0 Å². The van der Waals surface area contributed by atoms with Crippen LogP contribution in [-0.4, -0.2) is 83.1 Å². The Morgan fingerprint density at radius 2 is 2.00 bits per heavy atom. The maximum absolute atomic E-state index is 14.9. The number of halogens is 4. The van der Waals surface area contributed by atoms with Crippen molar-refractivity contribution >= 4 is 36.5 Å². The maximum atomic E-state index is 14.9. The number of fused-ring (bicyclic) bond motifs is 1. The first kappa shape index (κ1) is 37.6. The molecule has 2 amide bonds. The van der Waals surface area contributed by atoms with Crippen molar-refractivity contribution in [2.75, 3.05) is 33.3 Å². The van der Waals surface area contributed by atoms with Crippen molar-refractivity contribution in [3.05, 3.63) is 92.8 Å². The summed E-state index contributed by atoms with van der Waals surface area (Å²) in [5.74, 6) is -0.156. The minimum Gasteiger partial charge on any atom is -0.504 e. The summed E-state index contributed by atoms with van der Waals surface area (Å²) in [5, 5.41) is 21.8. The Bertz CT molecular complexity index is 1780. The van der Waals surface area contributed by atoms with Gasteiger partial charge in [-0.15, -0.1) is 5.10 Å². The van der Waals surface area contributed by atoms with Gasteiger partial charge in [-0.3, -0.25) is 9.59 Å². The van der Waals surface area contributed by atoms with Crippen LogP contribution >= 0.6 is 11.6 Å². The number of alkyl halides is 3. The van der Waals surface area contributed by atoms with E-state index in [1.165, 1.54) is 12.4 Å². The highest BCUT2D eigenvalue weighted by atomic mass is 35.5. The third-order valence-corrected chi connectivity index (χ3v) is 8.38. The van der Waals surface area contributed by atoms with E-state index in [2.05, 4.69) is 37.4 Å². The third-order valence-electron chi connectivity index (χ3n) is 8.02. The third kappa shape index (κ3) is 8.88. The number of hydrogen-bond acceptors (Lipinski definition) is 9. The van der Waals surface area contributed by atoms with Crippen LogP contribution in [0.5, 0.6) is 11.5 Å². The number of nitrogens with zero attached hydrogens (tertiary/aromatic N) is 6. The summed E-state index contributed by atoms with van der Waals surface area (Å²) in [5.41, 5.74) is 2.02. The van der Waals surface area contributed by atoms with Gasteiger partial charge in [-0.25, -0.2) is 20.0 Å². The molecular weight excluding hydrogens is 677 g/mol. The lowest BCUT2D eigenvalue weighted by Gasteiger charge is -2.31. The van der Waals surface area contributed by atoms with E-state index >= 15 is 0 Å². The Hall–Kier alpha value is -5.18. The predicted octanol–water partition coefficient (Wildman–Crippen LogP) is 4.62. The summed E-state index contributed by atoms with van der Waals surface area (Å²) in [6, 6.07) is 8.30. The standard InChI is InChI=1S/C34H38ClF3N8O4/c1-5-27(39-3)29(45(15-13-41-20-47)14-11-28-30(48)21(2)42-19-43-28)33(49)46(18-23-9-10-24(17-26(23)35)34(36,37)38)44-32(40-4)25-8-6-7-22-12-16-50-31(22)25/h6-10,17,19-20,39,48H,4-5,11-16,18H2,1-3H3,(H,41,47)/b29-27+,44-32-. The number of amidine groups is 1.